The molecular weight excluding hydrogens is 349 g/mol. The molecule has 9 heteroatoms. The van der Waals surface area contributed by atoms with Crippen molar-refractivity contribution in [1.29, 1.82) is 5.26 Å². The molecule has 0 radical (unpaired) electrons. The quantitative estimate of drug-likeness (QED) is 0.601. The van der Waals surface area contributed by atoms with Crippen molar-refractivity contribution in [2.24, 2.45) is 0 Å². The van der Waals surface area contributed by atoms with Crippen LogP contribution in [-0.2, 0) is 11.3 Å². The first kappa shape index (κ1) is 16.4. The van der Waals surface area contributed by atoms with Crippen LogP contribution in [0.5, 0.6) is 0 Å². The van der Waals surface area contributed by atoms with Crippen LogP contribution >= 0.6 is 0 Å². The number of rotatable bonds is 4. The van der Waals surface area contributed by atoms with E-state index in [-0.39, 0.29) is 24.0 Å². The zero-order valence-corrected chi connectivity index (χ0v) is 13.9. The number of fused-ring (bicyclic) bond motifs is 1. The van der Waals surface area contributed by atoms with Gasteiger partial charge in [0, 0.05) is 29.7 Å². The Labute approximate surface area is 152 Å². The number of carbonyl (C=O) groups is 1. The molecule has 1 N–H and O–H groups in total. The van der Waals surface area contributed by atoms with Crippen molar-refractivity contribution >= 4 is 17.5 Å². The van der Waals surface area contributed by atoms with E-state index in [9.17, 15) is 9.18 Å². The lowest BCUT2D eigenvalue weighted by molar-refractivity contribution is -0.116. The molecule has 132 valence electrons. The number of hydrogen-bond acceptors (Lipinski definition) is 5. The molecule has 1 aromatic carbocycles. The number of benzene rings is 1. The van der Waals surface area contributed by atoms with Crippen LogP contribution in [0.4, 0.5) is 10.3 Å². The topological polar surface area (TPSA) is 101 Å². The molecule has 0 aliphatic carbocycles. The van der Waals surface area contributed by atoms with E-state index in [1.807, 2.05) is 6.07 Å². The highest BCUT2D eigenvalue weighted by Gasteiger charge is 2.11. The number of nitrogens with zero attached hydrogens (tertiary/aromatic N) is 6. The van der Waals surface area contributed by atoms with Crippen molar-refractivity contribution in [2.75, 3.05) is 5.32 Å². The molecule has 1 amide bonds. The maximum atomic E-state index is 14.1. The molecule has 0 spiro atoms. The van der Waals surface area contributed by atoms with Crippen LogP contribution in [-0.4, -0.2) is 30.3 Å². The van der Waals surface area contributed by atoms with Gasteiger partial charge in [0.25, 0.3) is 0 Å². The van der Waals surface area contributed by atoms with Gasteiger partial charge in [-0.25, -0.2) is 8.91 Å². The minimum Gasteiger partial charge on any atom is -0.292 e. The average Bonchev–Trinajstić information content (AvgIpc) is 3.30. The van der Waals surface area contributed by atoms with Gasteiger partial charge in [0.1, 0.15) is 12.4 Å². The van der Waals surface area contributed by atoms with Crippen molar-refractivity contribution in [3.63, 3.8) is 0 Å². The SMILES string of the molecule is N#Cc1ccc(F)c(-c2ccc3nc(NC(=O)Cn4cccn4)nn3c2)c1. The van der Waals surface area contributed by atoms with Crippen molar-refractivity contribution in [2.45, 2.75) is 6.54 Å². The summed E-state index contributed by atoms with van der Waals surface area (Å²) in [7, 11) is 0. The third kappa shape index (κ3) is 3.36. The zero-order chi connectivity index (χ0) is 18.8. The Morgan fingerprint density at radius 1 is 1.30 bits per heavy atom. The summed E-state index contributed by atoms with van der Waals surface area (Å²) in [6, 6.07) is 11.2. The van der Waals surface area contributed by atoms with Gasteiger partial charge < -0.3 is 0 Å². The van der Waals surface area contributed by atoms with Gasteiger partial charge in [0.15, 0.2) is 5.65 Å². The van der Waals surface area contributed by atoms with E-state index in [2.05, 4.69) is 20.5 Å². The van der Waals surface area contributed by atoms with Gasteiger partial charge in [-0.1, -0.05) is 0 Å². The van der Waals surface area contributed by atoms with Crippen LogP contribution in [0.2, 0.25) is 0 Å². The second-order valence-electron chi connectivity index (χ2n) is 5.71. The van der Waals surface area contributed by atoms with Crippen molar-refractivity contribution < 1.29 is 9.18 Å². The molecule has 27 heavy (non-hydrogen) atoms. The van der Waals surface area contributed by atoms with Gasteiger partial charge in [-0.15, -0.1) is 5.10 Å². The zero-order valence-electron chi connectivity index (χ0n) is 13.9. The van der Waals surface area contributed by atoms with Gasteiger partial charge in [-0.05, 0) is 36.4 Å². The molecule has 3 heterocycles. The third-order valence-corrected chi connectivity index (χ3v) is 3.85. The first-order chi connectivity index (χ1) is 13.1. The minimum absolute atomic E-state index is 0.0416. The lowest BCUT2D eigenvalue weighted by atomic mass is 10.0. The molecule has 0 unspecified atom stereocenters. The monoisotopic (exact) mass is 361 g/mol. The molecule has 0 saturated carbocycles. The summed E-state index contributed by atoms with van der Waals surface area (Å²) in [6.45, 7) is 0.0416. The summed E-state index contributed by atoms with van der Waals surface area (Å²) < 4.78 is 17.1. The normalized spacial score (nSPS) is 10.7. The maximum Gasteiger partial charge on any atom is 0.249 e. The average molecular weight is 361 g/mol. The fourth-order valence-electron chi connectivity index (χ4n) is 2.62. The van der Waals surface area contributed by atoms with Crippen molar-refractivity contribution in [1.82, 2.24) is 24.4 Å². The fourth-order valence-corrected chi connectivity index (χ4v) is 2.62. The van der Waals surface area contributed by atoms with Crippen LogP contribution in [0.3, 0.4) is 0 Å². The van der Waals surface area contributed by atoms with E-state index in [1.165, 1.54) is 27.4 Å². The number of aromatic nitrogens is 5. The molecule has 4 aromatic rings. The Hall–Kier alpha value is -4.06. The van der Waals surface area contributed by atoms with E-state index in [4.69, 9.17) is 5.26 Å². The van der Waals surface area contributed by atoms with E-state index < -0.39 is 5.82 Å². The first-order valence-electron chi connectivity index (χ1n) is 7.96. The van der Waals surface area contributed by atoms with Gasteiger partial charge in [-0.2, -0.15) is 15.3 Å². The molecule has 0 fully saturated rings. The van der Waals surface area contributed by atoms with Crippen LogP contribution in [0, 0.1) is 17.1 Å². The van der Waals surface area contributed by atoms with E-state index in [0.29, 0.717) is 16.8 Å². The maximum absolute atomic E-state index is 14.1. The second-order valence-corrected chi connectivity index (χ2v) is 5.71. The molecule has 4 rings (SSSR count). The summed E-state index contributed by atoms with van der Waals surface area (Å²) in [5.41, 5.74) is 1.67. The first-order valence-corrected chi connectivity index (χ1v) is 7.96. The third-order valence-electron chi connectivity index (χ3n) is 3.85. The Kier molecular flexibility index (Phi) is 4.06. The van der Waals surface area contributed by atoms with E-state index >= 15 is 0 Å². The minimum atomic E-state index is -0.443. The second kappa shape index (κ2) is 6.68. The summed E-state index contributed by atoms with van der Waals surface area (Å²) in [4.78, 5) is 16.2. The highest BCUT2D eigenvalue weighted by Crippen LogP contribution is 2.24. The standard InChI is InChI=1S/C18H12FN7O/c19-15-4-2-12(9-20)8-14(15)13-3-5-16-22-18(24-26(16)10-13)23-17(27)11-25-7-1-6-21-25/h1-8,10H,11H2,(H,23,24,27). The molecule has 0 atom stereocenters. The number of pyridine rings is 1. The van der Waals surface area contributed by atoms with Crippen LogP contribution in [0.1, 0.15) is 5.56 Å². The molecular formula is C18H12FN7O. The molecule has 0 saturated heterocycles. The molecule has 3 aromatic heterocycles. The number of anilines is 1. The number of hydrogen-bond donors (Lipinski definition) is 1. The summed E-state index contributed by atoms with van der Waals surface area (Å²) >= 11 is 0. The number of nitrogens with one attached hydrogen (secondary N) is 1. The highest BCUT2D eigenvalue weighted by atomic mass is 19.1. The van der Waals surface area contributed by atoms with Crippen LogP contribution < -0.4 is 5.32 Å². The van der Waals surface area contributed by atoms with Gasteiger partial charge in [-0.3, -0.25) is 14.8 Å². The highest BCUT2D eigenvalue weighted by molar-refractivity contribution is 5.88. The van der Waals surface area contributed by atoms with Crippen molar-refractivity contribution in [3.8, 4) is 17.2 Å². The van der Waals surface area contributed by atoms with Crippen LogP contribution in [0.15, 0.2) is 55.0 Å². The van der Waals surface area contributed by atoms with Gasteiger partial charge in [0.05, 0.1) is 11.6 Å². The molecule has 8 nitrogen and oxygen atoms in total. The molecule has 0 aliphatic rings. The lowest BCUT2D eigenvalue weighted by Crippen LogP contribution is -2.19. The van der Waals surface area contributed by atoms with Crippen LogP contribution in [0.25, 0.3) is 16.8 Å². The smallest absolute Gasteiger partial charge is 0.249 e. The predicted molar refractivity (Wildman–Crippen MR) is 94.0 cm³/mol. The van der Waals surface area contributed by atoms with Gasteiger partial charge >= 0.3 is 0 Å². The van der Waals surface area contributed by atoms with Gasteiger partial charge in [0.2, 0.25) is 11.9 Å². The van der Waals surface area contributed by atoms with E-state index in [0.717, 1.165) is 0 Å². The fraction of sp³-hybridized carbons (Fsp3) is 0.0556. The summed E-state index contributed by atoms with van der Waals surface area (Å²) in [5.74, 6) is -0.626. The Morgan fingerprint density at radius 2 is 2.19 bits per heavy atom. The summed E-state index contributed by atoms with van der Waals surface area (Å²) in [5, 5.41) is 19.8. The molecule has 0 aliphatic heterocycles. The Morgan fingerprint density at radius 3 is 2.96 bits per heavy atom. The number of amides is 1. The Balaban J connectivity index is 1.61. The lowest BCUT2D eigenvalue weighted by Gasteiger charge is -2.04. The van der Waals surface area contributed by atoms with Crippen molar-refractivity contribution in [3.05, 3.63) is 66.4 Å². The predicted octanol–water partition coefficient (Wildman–Crippen LogP) is 2.24. The number of halogens is 1. The number of carbonyl (C=O) groups excluding carboxylic acids is 1. The van der Waals surface area contributed by atoms with E-state index in [1.54, 1.807) is 36.8 Å². The summed E-state index contributed by atoms with van der Waals surface area (Å²) in [6.07, 6.45) is 4.84. The largest absolute Gasteiger partial charge is 0.292 e. The number of nitriles is 1. The Bertz CT molecular complexity index is 1170. The molecule has 0 bridgehead atoms.